The standard InChI is InChI=1S/C16H27NO12/c1-5(19)17-7-11(8(20)6(4-18)27-15(7)26-3)28-16-10(22)9(21)12(25-2)13(29-16)14(23)24/h6-13,15-16,18,20-22H,4H2,1-3H3,(H,17,19)(H,23,24)/t6-,7-,8-,9-,10-,11-,12+,13+,15-,16-/m1/s1. The number of aliphatic carboxylic acids is 1. The van der Waals surface area contributed by atoms with Crippen molar-refractivity contribution in [3.63, 3.8) is 0 Å². The number of hydrogen-bond acceptors (Lipinski definition) is 11. The molecule has 29 heavy (non-hydrogen) atoms. The molecule has 0 radical (unpaired) electrons. The molecule has 2 aliphatic heterocycles. The van der Waals surface area contributed by atoms with Crippen LogP contribution >= 0.6 is 0 Å². The zero-order chi connectivity index (χ0) is 21.9. The van der Waals surface area contributed by atoms with Gasteiger partial charge in [0.1, 0.15) is 42.7 Å². The molecule has 0 unspecified atom stereocenters. The Labute approximate surface area is 166 Å². The topological polar surface area (TPSA) is 193 Å². The van der Waals surface area contributed by atoms with Gasteiger partial charge in [0.25, 0.3) is 0 Å². The second-order valence-corrected chi connectivity index (χ2v) is 6.72. The third kappa shape index (κ3) is 5.02. The quantitative estimate of drug-likeness (QED) is 0.233. The Balaban J connectivity index is 2.30. The predicted octanol–water partition coefficient (Wildman–Crippen LogP) is -3.85. The van der Waals surface area contributed by atoms with Crippen LogP contribution in [-0.4, -0.2) is 120 Å². The average Bonchev–Trinajstić information content (AvgIpc) is 2.67. The van der Waals surface area contributed by atoms with Crippen molar-refractivity contribution in [3.8, 4) is 0 Å². The van der Waals surface area contributed by atoms with Crippen LogP contribution in [-0.2, 0) is 33.3 Å². The van der Waals surface area contributed by atoms with Crippen LogP contribution in [0.15, 0.2) is 0 Å². The van der Waals surface area contributed by atoms with Crippen LogP contribution in [0.25, 0.3) is 0 Å². The van der Waals surface area contributed by atoms with Crippen molar-refractivity contribution in [2.24, 2.45) is 0 Å². The minimum absolute atomic E-state index is 0.517. The molecule has 0 saturated carbocycles. The Hall–Kier alpha value is -1.42. The highest BCUT2D eigenvalue weighted by Crippen LogP contribution is 2.30. The molecule has 0 aromatic heterocycles. The van der Waals surface area contributed by atoms with E-state index in [0.29, 0.717) is 0 Å². The molecule has 2 fully saturated rings. The summed E-state index contributed by atoms with van der Waals surface area (Å²) >= 11 is 0. The summed E-state index contributed by atoms with van der Waals surface area (Å²) in [7, 11) is 2.41. The number of hydrogen-bond donors (Lipinski definition) is 6. The number of carboxylic acids is 1. The van der Waals surface area contributed by atoms with Gasteiger partial charge in [-0.1, -0.05) is 0 Å². The van der Waals surface area contributed by atoms with Crippen molar-refractivity contribution in [1.29, 1.82) is 0 Å². The molecule has 1 amide bonds. The number of carboxylic acid groups (broad SMARTS) is 1. The maximum atomic E-state index is 11.6. The molecule has 6 N–H and O–H groups in total. The Kier molecular flexibility index (Phi) is 8.28. The molecule has 0 spiro atoms. The van der Waals surface area contributed by atoms with Crippen LogP contribution in [0.2, 0.25) is 0 Å². The van der Waals surface area contributed by atoms with Crippen LogP contribution < -0.4 is 5.32 Å². The summed E-state index contributed by atoms with van der Waals surface area (Å²) in [6, 6.07) is -1.10. The fourth-order valence-electron chi connectivity index (χ4n) is 3.39. The monoisotopic (exact) mass is 425 g/mol. The summed E-state index contributed by atoms with van der Waals surface area (Å²) in [6.07, 6.45) is -13.3. The largest absolute Gasteiger partial charge is 0.479 e. The van der Waals surface area contributed by atoms with E-state index >= 15 is 0 Å². The lowest BCUT2D eigenvalue weighted by Crippen LogP contribution is -2.68. The fourth-order valence-corrected chi connectivity index (χ4v) is 3.39. The minimum atomic E-state index is -1.74. The van der Waals surface area contributed by atoms with Gasteiger partial charge >= 0.3 is 5.97 Å². The van der Waals surface area contributed by atoms with E-state index in [1.807, 2.05) is 0 Å². The van der Waals surface area contributed by atoms with E-state index in [2.05, 4.69) is 5.32 Å². The molecule has 0 aliphatic carbocycles. The van der Waals surface area contributed by atoms with Crippen molar-refractivity contribution in [2.75, 3.05) is 20.8 Å². The molecule has 0 aromatic carbocycles. The molecule has 10 atom stereocenters. The van der Waals surface area contributed by atoms with Gasteiger partial charge in [0, 0.05) is 21.1 Å². The second-order valence-electron chi connectivity index (χ2n) is 6.72. The zero-order valence-corrected chi connectivity index (χ0v) is 16.1. The Bertz CT molecular complexity index is 576. The molecule has 2 rings (SSSR count). The number of aliphatic hydroxyl groups excluding tert-OH is 4. The predicted molar refractivity (Wildman–Crippen MR) is 90.3 cm³/mol. The summed E-state index contributed by atoms with van der Waals surface area (Å²) in [5, 5.41) is 52.3. The van der Waals surface area contributed by atoms with Gasteiger partial charge in [-0.2, -0.15) is 0 Å². The smallest absolute Gasteiger partial charge is 0.335 e. The lowest BCUT2D eigenvalue weighted by atomic mass is 9.95. The summed E-state index contributed by atoms with van der Waals surface area (Å²) < 4.78 is 26.3. The summed E-state index contributed by atoms with van der Waals surface area (Å²) in [6.45, 7) is 0.585. The molecular weight excluding hydrogens is 398 g/mol. The third-order valence-electron chi connectivity index (χ3n) is 4.81. The van der Waals surface area contributed by atoms with E-state index in [-0.39, 0.29) is 0 Å². The van der Waals surface area contributed by atoms with Crippen molar-refractivity contribution in [1.82, 2.24) is 5.32 Å². The maximum absolute atomic E-state index is 11.6. The molecule has 13 nitrogen and oxygen atoms in total. The number of rotatable bonds is 7. The van der Waals surface area contributed by atoms with E-state index in [1.165, 1.54) is 14.0 Å². The van der Waals surface area contributed by atoms with Gasteiger partial charge < -0.3 is 54.5 Å². The van der Waals surface area contributed by atoms with Crippen molar-refractivity contribution in [2.45, 2.75) is 68.3 Å². The number of carbonyl (C=O) groups excluding carboxylic acids is 1. The van der Waals surface area contributed by atoms with Gasteiger partial charge in [0.15, 0.2) is 18.7 Å². The van der Waals surface area contributed by atoms with Crippen LogP contribution in [0, 0.1) is 0 Å². The molecule has 168 valence electrons. The lowest BCUT2D eigenvalue weighted by Gasteiger charge is -2.47. The third-order valence-corrected chi connectivity index (χ3v) is 4.81. The minimum Gasteiger partial charge on any atom is -0.479 e. The van der Waals surface area contributed by atoms with Crippen LogP contribution in [0.1, 0.15) is 6.92 Å². The van der Waals surface area contributed by atoms with Crippen molar-refractivity contribution < 1.29 is 58.8 Å². The SMILES string of the molecule is CO[C@@H]1O[C@H](CO)[C@@H](O)[C@H](O[C@@H]2O[C@H](C(=O)O)[C@@H](OC)[C@H](O)[C@H]2O)[C@H]1NC(C)=O. The first-order valence-corrected chi connectivity index (χ1v) is 8.83. The van der Waals surface area contributed by atoms with E-state index in [4.69, 9.17) is 23.7 Å². The number of carbonyl (C=O) groups is 2. The van der Waals surface area contributed by atoms with Gasteiger partial charge in [-0.3, -0.25) is 4.79 Å². The molecule has 2 heterocycles. The Morgan fingerprint density at radius 1 is 0.966 bits per heavy atom. The molecule has 0 aromatic rings. The van der Waals surface area contributed by atoms with E-state index in [9.17, 15) is 35.1 Å². The number of methoxy groups -OCH3 is 2. The lowest BCUT2D eigenvalue weighted by molar-refractivity contribution is -0.339. The van der Waals surface area contributed by atoms with Crippen LogP contribution in [0.5, 0.6) is 0 Å². The van der Waals surface area contributed by atoms with E-state index in [0.717, 1.165) is 7.11 Å². The molecule has 2 aliphatic rings. The number of aliphatic hydroxyl groups is 4. The highest BCUT2D eigenvalue weighted by molar-refractivity contribution is 5.73. The maximum Gasteiger partial charge on any atom is 0.335 e. The van der Waals surface area contributed by atoms with Gasteiger partial charge in [0.2, 0.25) is 5.91 Å². The molecular formula is C16H27NO12. The van der Waals surface area contributed by atoms with Gasteiger partial charge in [-0.15, -0.1) is 0 Å². The zero-order valence-electron chi connectivity index (χ0n) is 16.1. The number of nitrogens with one attached hydrogen (secondary N) is 1. The first kappa shape index (κ1) is 23.9. The normalized spacial score (nSPS) is 43.0. The van der Waals surface area contributed by atoms with E-state index in [1.54, 1.807) is 0 Å². The average molecular weight is 425 g/mol. The molecule has 2 saturated heterocycles. The molecule has 0 bridgehead atoms. The van der Waals surface area contributed by atoms with Crippen LogP contribution in [0.3, 0.4) is 0 Å². The number of amides is 1. The first-order valence-electron chi connectivity index (χ1n) is 8.83. The van der Waals surface area contributed by atoms with Gasteiger partial charge in [0.05, 0.1) is 6.61 Å². The van der Waals surface area contributed by atoms with Gasteiger partial charge in [-0.05, 0) is 0 Å². The fraction of sp³-hybridized carbons (Fsp3) is 0.875. The van der Waals surface area contributed by atoms with Crippen LogP contribution in [0.4, 0.5) is 0 Å². The van der Waals surface area contributed by atoms with Gasteiger partial charge in [-0.25, -0.2) is 4.79 Å². The number of ether oxygens (including phenoxy) is 5. The van der Waals surface area contributed by atoms with E-state index < -0.39 is 79.8 Å². The van der Waals surface area contributed by atoms with Crippen molar-refractivity contribution >= 4 is 11.9 Å². The Morgan fingerprint density at radius 2 is 1.62 bits per heavy atom. The van der Waals surface area contributed by atoms with Crippen molar-refractivity contribution in [3.05, 3.63) is 0 Å². The first-order chi connectivity index (χ1) is 13.7. The Morgan fingerprint density at radius 3 is 2.10 bits per heavy atom. The summed E-state index contributed by atoms with van der Waals surface area (Å²) in [5.41, 5.74) is 0. The molecule has 13 heteroatoms. The summed E-state index contributed by atoms with van der Waals surface area (Å²) in [4.78, 5) is 23.0. The highest BCUT2D eigenvalue weighted by Gasteiger charge is 2.53. The summed E-state index contributed by atoms with van der Waals surface area (Å²) in [5.74, 6) is -1.98. The second kappa shape index (κ2) is 10.1. The highest BCUT2D eigenvalue weighted by atomic mass is 16.7.